The Morgan fingerprint density at radius 3 is 2.63 bits per heavy atom. The van der Waals surface area contributed by atoms with Crippen molar-refractivity contribution in [2.75, 3.05) is 53.4 Å². The Morgan fingerprint density at radius 1 is 1.27 bits per heavy atom. The monoisotopic (exact) mass is 418 g/mol. The number of hydrogen-bond donors (Lipinski definition) is 0. The molecule has 0 aromatic carbocycles. The predicted molar refractivity (Wildman–Crippen MR) is 108 cm³/mol. The molecule has 162 valence electrons. The smallest absolute Gasteiger partial charge is 0.320 e. The lowest BCUT2D eigenvalue weighted by Crippen LogP contribution is -2.66. The van der Waals surface area contributed by atoms with Crippen molar-refractivity contribution in [1.82, 2.24) is 9.80 Å². The number of ketones is 2. The second-order valence-electron chi connectivity index (χ2n) is 8.79. The Labute approximate surface area is 176 Å². The zero-order valence-corrected chi connectivity index (χ0v) is 17.8. The van der Waals surface area contributed by atoms with Crippen LogP contribution in [-0.2, 0) is 19.1 Å². The molecule has 4 unspecified atom stereocenters. The maximum Gasteiger partial charge on any atom is 0.320 e. The summed E-state index contributed by atoms with van der Waals surface area (Å²) in [5.41, 5.74) is 0.775. The fourth-order valence-electron chi connectivity index (χ4n) is 5.25. The van der Waals surface area contributed by atoms with Crippen LogP contribution in [0.2, 0.25) is 0 Å². The number of likely N-dealkylation sites (N-methyl/N-ethyl adjacent to an activating group) is 2. The molecule has 3 aliphatic heterocycles. The summed E-state index contributed by atoms with van der Waals surface area (Å²) in [7, 11) is 3.85. The van der Waals surface area contributed by atoms with Crippen molar-refractivity contribution in [1.29, 1.82) is 0 Å². The molecule has 0 N–H and O–H groups in total. The van der Waals surface area contributed by atoms with E-state index < -0.39 is 23.8 Å². The molecule has 4 aliphatic rings. The molecule has 7 nitrogen and oxygen atoms in total. The first-order valence-corrected chi connectivity index (χ1v) is 10.6. The number of ether oxygens (including phenoxy) is 1. The van der Waals surface area contributed by atoms with Gasteiger partial charge in [0.2, 0.25) is 11.6 Å². The van der Waals surface area contributed by atoms with Crippen LogP contribution in [0.5, 0.6) is 0 Å². The molecule has 1 aliphatic carbocycles. The molecule has 30 heavy (non-hydrogen) atoms. The first kappa shape index (κ1) is 20.9. The topological polar surface area (TPSA) is 66.9 Å². The number of Topliss-reactive ketones (excluding diaryl/α,β-unsaturated/α-hetero) is 2. The van der Waals surface area contributed by atoms with Crippen LogP contribution >= 0.6 is 0 Å². The molecular weight excluding hydrogens is 389 g/mol. The normalized spacial score (nSPS) is 34.5. The quantitative estimate of drug-likeness (QED) is 0.388. The fourth-order valence-corrected chi connectivity index (χ4v) is 5.25. The lowest BCUT2D eigenvalue weighted by atomic mass is 9.71. The van der Waals surface area contributed by atoms with E-state index >= 15 is 4.39 Å². The molecule has 3 heterocycles. The molecule has 0 aromatic heterocycles. The maximum atomic E-state index is 15.0. The van der Waals surface area contributed by atoms with Crippen LogP contribution in [0.15, 0.2) is 35.4 Å². The van der Waals surface area contributed by atoms with E-state index in [0.29, 0.717) is 24.4 Å². The van der Waals surface area contributed by atoms with Gasteiger partial charge in [0.15, 0.2) is 6.04 Å². The van der Waals surface area contributed by atoms with Crippen LogP contribution in [-0.4, -0.2) is 91.3 Å². The van der Waals surface area contributed by atoms with Gasteiger partial charge in [0, 0.05) is 31.8 Å². The van der Waals surface area contributed by atoms with Crippen molar-refractivity contribution >= 4 is 17.5 Å². The van der Waals surface area contributed by atoms with Gasteiger partial charge in [-0.25, -0.2) is 4.39 Å². The van der Waals surface area contributed by atoms with Gasteiger partial charge in [-0.3, -0.25) is 18.9 Å². The van der Waals surface area contributed by atoms with Gasteiger partial charge >= 0.3 is 5.97 Å². The van der Waals surface area contributed by atoms with E-state index in [1.54, 1.807) is 19.2 Å². The molecule has 0 saturated carbocycles. The number of halogens is 1. The number of fused-ring (bicyclic) bond motifs is 3. The van der Waals surface area contributed by atoms with E-state index in [9.17, 15) is 14.4 Å². The highest BCUT2D eigenvalue weighted by Crippen LogP contribution is 2.44. The van der Waals surface area contributed by atoms with Crippen molar-refractivity contribution in [2.45, 2.75) is 19.4 Å². The van der Waals surface area contributed by atoms with E-state index in [4.69, 9.17) is 4.74 Å². The molecule has 8 heteroatoms. The molecule has 0 aromatic rings. The zero-order valence-electron chi connectivity index (χ0n) is 17.8. The van der Waals surface area contributed by atoms with Crippen LogP contribution in [0.3, 0.4) is 0 Å². The van der Waals surface area contributed by atoms with E-state index in [-0.39, 0.29) is 41.4 Å². The van der Waals surface area contributed by atoms with Crippen molar-refractivity contribution in [2.24, 2.45) is 11.8 Å². The summed E-state index contributed by atoms with van der Waals surface area (Å²) >= 11 is 0. The summed E-state index contributed by atoms with van der Waals surface area (Å²) < 4.78 is 20.2. The number of carbonyl (C=O) groups excluding carboxylic acids is 3. The first-order valence-electron chi connectivity index (χ1n) is 10.6. The third kappa shape index (κ3) is 3.32. The summed E-state index contributed by atoms with van der Waals surface area (Å²) in [5.74, 6) is -2.73. The van der Waals surface area contributed by atoms with Crippen LogP contribution in [0.1, 0.15) is 13.3 Å². The SMILES string of the molecule is CCOC(=O)C1C=C[N+]2(C)CC(=O)C3=C(N4CCN(C)CC4)C(F)=CCC3C2C1=O. The minimum Gasteiger partial charge on any atom is -0.465 e. The maximum absolute atomic E-state index is 15.0. The zero-order chi connectivity index (χ0) is 21.6. The Kier molecular flexibility index (Phi) is 5.40. The highest BCUT2D eigenvalue weighted by atomic mass is 19.1. The predicted octanol–water partition coefficient (Wildman–Crippen LogP) is 1.03. The van der Waals surface area contributed by atoms with Crippen LogP contribution in [0.25, 0.3) is 0 Å². The van der Waals surface area contributed by atoms with Gasteiger partial charge in [-0.2, -0.15) is 0 Å². The molecule has 4 atom stereocenters. The molecule has 0 amide bonds. The van der Waals surface area contributed by atoms with E-state index in [0.717, 1.165) is 13.1 Å². The number of rotatable bonds is 3. The average molecular weight is 418 g/mol. The van der Waals surface area contributed by atoms with Gasteiger partial charge < -0.3 is 14.5 Å². The third-order valence-electron chi connectivity index (χ3n) is 6.78. The lowest BCUT2D eigenvalue weighted by molar-refractivity contribution is -0.874. The van der Waals surface area contributed by atoms with E-state index in [2.05, 4.69) is 4.90 Å². The Balaban J connectivity index is 1.75. The van der Waals surface area contributed by atoms with Crippen LogP contribution < -0.4 is 0 Å². The minimum absolute atomic E-state index is 0.0822. The molecule has 2 saturated heterocycles. The second-order valence-corrected chi connectivity index (χ2v) is 8.79. The Hall–Kier alpha value is -2.32. The number of allylic oxidation sites excluding steroid dienone is 2. The van der Waals surface area contributed by atoms with Gasteiger partial charge in [-0.1, -0.05) is 0 Å². The van der Waals surface area contributed by atoms with E-state index in [1.165, 1.54) is 6.08 Å². The molecular formula is C22H29FN3O4+. The van der Waals surface area contributed by atoms with Gasteiger partial charge in [0.1, 0.15) is 18.3 Å². The fraction of sp³-hybridized carbons (Fsp3) is 0.591. The summed E-state index contributed by atoms with van der Waals surface area (Å²) in [6.07, 6.45) is 5.10. The molecule has 0 radical (unpaired) electrons. The largest absolute Gasteiger partial charge is 0.465 e. The summed E-state index contributed by atoms with van der Waals surface area (Å²) in [6.45, 7) is 4.81. The van der Waals surface area contributed by atoms with Crippen LogP contribution in [0.4, 0.5) is 4.39 Å². The van der Waals surface area contributed by atoms with Crippen molar-refractivity contribution in [3.05, 3.63) is 35.4 Å². The number of esters is 1. The number of piperazine rings is 1. The number of carbonyl (C=O) groups is 3. The van der Waals surface area contributed by atoms with Gasteiger partial charge in [0.25, 0.3) is 0 Å². The minimum atomic E-state index is -0.974. The average Bonchev–Trinajstić information content (AvgIpc) is 2.69. The number of hydrogen-bond acceptors (Lipinski definition) is 6. The van der Waals surface area contributed by atoms with Gasteiger partial charge in [0.05, 0.1) is 31.5 Å². The van der Waals surface area contributed by atoms with E-state index in [1.807, 2.05) is 19.0 Å². The second kappa shape index (κ2) is 7.74. The Morgan fingerprint density at radius 2 is 1.97 bits per heavy atom. The number of nitrogens with zero attached hydrogens (tertiary/aromatic N) is 3. The molecule has 4 rings (SSSR count). The van der Waals surface area contributed by atoms with Crippen molar-refractivity contribution in [3.8, 4) is 0 Å². The molecule has 0 spiro atoms. The summed E-state index contributed by atoms with van der Waals surface area (Å²) in [5, 5.41) is 0. The van der Waals surface area contributed by atoms with Crippen molar-refractivity contribution < 1.29 is 28.0 Å². The van der Waals surface area contributed by atoms with Gasteiger partial charge in [-0.05, 0) is 32.5 Å². The van der Waals surface area contributed by atoms with Crippen LogP contribution in [0, 0.1) is 11.8 Å². The molecule has 2 fully saturated rings. The highest BCUT2D eigenvalue weighted by molar-refractivity contribution is 6.07. The number of piperidine rings is 1. The van der Waals surface area contributed by atoms with Gasteiger partial charge in [-0.15, -0.1) is 0 Å². The highest BCUT2D eigenvalue weighted by Gasteiger charge is 2.57. The Bertz CT molecular complexity index is 872. The summed E-state index contributed by atoms with van der Waals surface area (Å²) in [6, 6.07) is -0.607. The number of quaternary nitrogens is 1. The molecule has 0 bridgehead atoms. The first-order chi connectivity index (χ1) is 14.3. The summed E-state index contributed by atoms with van der Waals surface area (Å²) in [4.78, 5) is 43.1. The third-order valence-corrected chi connectivity index (χ3v) is 6.78. The standard InChI is InChI=1S/C22H29FN3O4/c1-4-30-22(29)15-7-12-26(3)13-17(27)18-14(20(26)21(15)28)5-6-16(23)19(18)25-10-8-24(2)9-11-25/h6-7,12,14-15,20H,4-5,8-11,13H2,1-3H3/q+1. The van der Waals surface area contributed by atoms with Crippen molar-refractivity contribution in [3.63, 3.8) is 0 Å². The lowest BCUT2D eigenvalue weighted by Gasteiger charge is -2.49.